The minimum Gasteiger partial charge on any atom is -0.352 e. The van der Waals surface area contributed by atoms with Crippen LogP contribution in [0.2, 0.25) is 0 Å². The second kappa shape index (κ2) is 10.6. The number of amides is 2. The lowest BCUT2D eigenvalue weighted by Crippen LogP contribution is -2.51. The van der Waals surface area contributed by atoms with E-state index in [2.05, 4.69) is 5.32 Å². The Labute approximate surface area is 169 Å². The molecule has 0 saturated heterocycles. The zero-order valence-corrected chi connectivity index (χ0v) is 17.4. The summed E-state index contributed by atoms with van der Waals surface area (Å²) in [5.74, 6) is -0.108. The smallest absolute Gasteiger partial charge is 0.243 e. The molecule has 0 aliphatic carbocycles. The van der Waals surface area contributed by atoms with Gasteiger partial charge in [-0.2, -0.15) is 0 Å². The van der Waals surface area contributed by atoms with Crippen molar-refractivity contribution in [2.24, 2.45) is 0 Å². The summed E-state index contributed by atoms with van der Waals surface area (Å²) in [4.78, 5) is 27.8. The number of nitrogens with one attached hydrogen (secondary N) is 1. The number of hydrogen-bond donors (Lipinski definition) is 1. The van der Waals surface area contributed by atoms with Gasteiger partial charge in [-0.3, -0.25) is 9.59 Å². The molecule has 2 amide bonds. The van der Waals surface area contributed by atoms with E-state index in [-0.39, 0.29) is 17.9 Å². The van der Waals surface area contributed by atoms with Crippen LogP contribution in [0.3, 0.4) is 0 Å². The third-order valence-electron chi connectivity index (χ3n) is 5.06. The van der Waals surface area contributed by atoms with E-state index in [9.17, 15) is 9.59 Å². The third kappa shape index (κ3) is 6.22. The highest BCUT2D eigenvalue weighted by atomic mass is 16.2. The molecule has 2 aromatic rings. The molecular weight excluding hydrogens is 348 g/mol. The Balaban J connectivity index is 2.24. The number of hydrogen-bond acceptors (Lipinski definition) is 2. The molecule has 0 bridgehead atoms. The molecule has 0 radical (unpaired) electrons. The van der Waals surface area contributed by atoms with Crippen molar-refractivity contribution in [1.82, 2.24) is 10.2 Å². The van der Waals surface area contributed by atoms with E-state index in [1.54, 1.807) is 4.90 Å². The second-order valence-corrected chi connectivity index (χ2v) is 7.41. The molecule has 0 aliphatic rings. The average molecular weight is 381 g/mol. The van der Waals surface area contributed by atoms with E-state index in [0.717, 1.165) is 23.1 Å². The summed E-state index contributed by atoms with van der Waals surface area (Å²) in [6.45, 7) is 8.44. The highest BCUT2D eigenvalue weighted by Crippen LogP contribution is 2.15. The van der Waals surface area contributed by atoms with Gasteiger partial charge in [-0.25, -0.2) is 0 Å². The fourth-order valence-electron chi connectivity index (χ4n) is 3.12. The average Bonchev–Trinajstić information content (AvgIpc) is 2.70. The Bertz CT molecular complexity index is 756. The lowest BCUT2D eigenvalue weighted by Gasteiger charge is -2.31. The van der Waals surface area contributed by atoms with Gasteiger partial charge in [0.15, 0.2) is 0 Å². The summed E-state index contributed by atoms with van der Waals surface area (Å²) in [5.41, 5.74) is 3.15. The van der Waals surface area contributed by atoms with E-state index in [1.165, 1.54) is 0 Å². The SMILES string of the molecule is CCC(C)NC(=O)C(CC)N(Cc1ccccc1)C(=O)Cc1ccc(C)cc1. The molecule has 0 spiro atoms. The Morgan fingerprint density at radius 3 is 2.14 bits per heavy atom. The minimum absolute atomic E-state index is 0.0288. The van der Waals surface area contributed by atoms with E-state index in [0.29, 0.717) is 19.4 Å². The largest absolute Gasteiger partial charge is 0.352 e. The van der Waals surface area contributed by atoms with Crippen molar-refractivity contribution >= 4 is 11.8 Å². The van der Waals surface area contributed by atoms with E-state index >= 15 is 0 Å². The van der Waals surface area contributed by atoms with Crippen LogP contribution >= 0.6 is 0 Å². The Morgan fingerprint density at radius 1 is 0.929 bits per heavy atom. The Hall–Kier alpha value is -2.62. The van der Waals surface area contributed by atoms with Crippen molar-refractivity contribution in [1.29, 1.82) is 0 Å². The van der Waals surface area contributed by atoms with Gasteiger partial charge in [0.05, 0.1) is 6.42 Å². The summed E-state index contributed by atoms with van der Waals surface area (Å²) >= 11 is 0. The van der Waals surface area contributed by atoms with Crippen molar-refractivity contribution in [3.05, 3.63) is 71.3 Å². The van der Waals surface area contributed by atoms with Crippen molar-refractivity contribution in [2.45, 2.75) is 65.6 Å². The summed E-state index contributed by atoms with van der Waals surface area (Å²) in [6.07, 6.45) is 1.73. The van der Waals surface area contributed by atoms with Crippen LogP contribution in [0.1, 0.15) is 50.3 Å². The van der Waals surface area contributed by atoms with Gasteiger partial charge in [-0.1, -0.05) is 74.0 Å². The van der Waals surface area contributed by atoms with Crippen LogP contribution in [-0.4, -0.2) is 28.8 Å². The maximum Gasteiger partial charge on any atom is 0.243 e. The number of nitrogens with zero attached hydrogens (tertiary/aromatic N) is 1. The predicted molar refractivity (Wildman–Crippen MR) is 114 cm³/mol. The molecule has 0 heterocycles. The molecule has 150 valence electrons. The normalized spacial score (nSPS) is 12.9. The molecule has 0 aliphatic heterocycles. The predicted octanol–water partition coefficient (Wildman–Crippen LogP) is 4.26. The molecule has 28 heavy (non-hydrogen) atoms. The molecule has 2 unspecified atom stereocenters. The highest BCUT2D eigenvalue weighted by molar-refractivity contribution is 5.88. The minimum atomic E-state index is -0.479. The van der Waals surface area contributed by atoms with Crippen molar-refractivity contribution in [3.63, 3.8) is 0 Å². The zero-order chi connectivity index (χ0) is 20.5. The molecule has 2 rings (SSSR count). The summed E-state index contributed by atoms with van der Waals surface area (Å²) in [5, 5.41) is 3.04. The van der Waals surface area contributed by atoms with Gasteiger partial charge in [0.1, 0.15) is 6.04 Å². The molecule has 4 heteroatoms. The van der Waals surface area contributed by atoms with Gasteiger partial charge in [-0.05, 0) is 37.8 Å². The van der Waals surface area contributed by atoms with Crippen LogP contribution in [0.4, 0.5) is 0 Å². The molecule has 0 fully saturated rings. The fraction of sp³-hybridized carbons (Fsp3) is 0.417. The highest BCUT2D eigenvalue weighted by Gasteiger charge is 2.29. The van der Waals surface area contributed by atoms with Crippen LogP contribution in [-0.2, 0) is 22.6 Å². The topological polar surface area (TPSA) is 49.4 Å². The van der Waals surface area contributed by atoms with Crippen LogP contribution < -0.4 is 5.32 Å². The summed E-state index contributed by atoms with van der Waals surface area (Å²) in [7, 11) is 0. The molecule has 2 aromatic carbocycles. The fourth-order valence-corrected chi connectivity index (χ4v) is 3.12. The zero-order valence-electron chi connectivity index (χ0n) is 17.4. The first-order valence-electron chi connectivity index (χ1n) is 10.1. The quantitative estimate of drug-likeness (QED) is 0.707. The van der Waals surface area contributed by atoms with E-state index in [4.69, 9.17) is 0 Å². The maximum atomic E-state index is 13.2. The van der Waals surface area contributed by atoms with Crippen LogP contribution in [0, 0.1) is 6.92 Å². The maximum absolute atomic E-state index is 13.2. The first-order chi connectivity index (χ1) is 13.4. The van der Waals surface area contributed by atoms with Crippen molar-refractivity contribution in [2.75, 3.05) is 0 Å². The van der Waals surface area contributed by atoms with Gasteiger partial charge in [0, 0.05) is 12.6 Å². The number of carbonyl (C=O) groups is 2. The Morgan fingerprint density at radius 2 is 1.57 bits per heavy atom. The first kappa shape index (κ1) is 21.7. The van der Waals surface area contributed by atoms with Crippen molar-refractivity contribution < 1.29 is 9.59 Å². The number of benzene rings is 2. The number of carbonyl (C=O) groups excluding carboxylic acids is 2. The third-order valence-corrected chi connectivity index (χ3v) is 5.06. The standard InChI is InChI=1S/C24H32N2O2/c1-5-19(4)25-24(28)22(6-2)26(17-21-10-8-7-9-11-21)23(27)16-20-14-12-18(3)13-15-20/h7-15,19,22H,5-6,16-17H2,1-4H3,(H,25,28). The van der Waals surface area contributed by atoms with Crippen molar-refractivity contribution in [3.8, 4) is 0 Å². The summed E-state index contributed by atoms with van der Waals surface area (Å²) < 4.78 is 0. The van der Waals surface area contributed by atoms with Crippen LogP contribution in [0.25, 0.3) is 0 Å². The second-order valence-electron chi connectivity index (χ2n) is 7.41. The molecule has 4 nitrogen and oxygen atoms in total. The van der Waals surface area contributed by atoms with E-state index in [1.807, 2.05) is 82.3 Å². The van der Waals surface area contributed by atoms with Crippen LogP contribution in [0.15, 0.2) is 54.6 Å². The Kier molecular flexibility index (Phi) is 8.24. The monoisotopic (exact) mass is 380 g/mol. The van der Waals surface area contributed by atoms with Crippen LogP contribution in [0.5, 0.6) is 0 Å². The molecule has 2 atom stereocenters. The molecule has 0 aromatic heterocycles. The lowest BCUT2D eigenvalue weighted by atomic mass is 10.1. The first-order valence-corrected chi connectivity index (χ1v) is 10.1. The number of aryl methyl sites for hydroxylation is 1. The van der Waals surface area contributed by atoms with Gasteiger partial charge >= 0.3 is 0 Å². The van der Waals surface area contributed by atoms with E-state index < -0.39 is 6.04 Å². The lowest BCUT2D eigenvalue weighted by molar-refractivity contribution is -0.141. The van der Waals surface area contributed by atoms with Gasteiger partial charge in [0.2, 0.25) is 11.8 Å². The van der Waals surface area contributed by atoms with Gasteiger partial charge < -0.3 is 10.2 Å². The summed E-state index contributed by atoms with van der Waals surface area (Å²) in [6, 6.07) is 17.4. The van der Waals surface area contributed by atoms with Gasteiger partial charge in [-0.15, -0.1) is 0 Å². The van der Waals surface area contributed by atoms with Gasteiger partial charge in [0.25, 0.3) is 0 Å². The molecule has 1 N–H and O–H groups in total. The number of rotatable bonds is 9. The molecule has 0 saturated carbocycles. The molecular formula is C24H32N2O2.